The number of aliphatic hydroxyl groups excluding tert-OH is 1. The molecule has 112 valence electrons. The smallest absolute Gasteiger partial charge is 0.317 e. The summed E-state index contributed by atoms with van der Waals surface area (Å²) in [6, 6.07) is -0.196. The van der Waals surface area contributed by atoms with Crippen molar-refractivity contribution in [2.45, 2.75) is 45.3 Å². The highest BCUT2D eigenvalue weighted by molar-refractivity contribution is 5.73. The van der Waals surface area contributed by atoms with E-state index in [1.807, 2.05) is 0 Å². The second kappa shape index (κ2) is 6.69. The Balaban J connectivity index is 1.76. The lowest BCUT2D eigenvalue weighted by Gasteiger charge is -2.31. The van der Waals surface area contributed by atoms with E-state index in [1.54, 1.807) is 18.9 Å². The third-order valence-electron chi connectivity index (χ3n) is 3.68. The molecule has 0 saturated heterocycles. The van der Waals surface area contributed by atoms with E-state index in [9.17, 15) is 9.90 Å². The number of hydrogen-bond acceptors (Lipinski definition) is 5. The third-order valence-corrected chi connectivity index (χ3v) is 3.68. The quantitative estimate of drug-likeness (QED) is 0.862. The Morgan fingerprint density at radius 3 is 2.90 bits per heavy atom. The van der Waals surface area contributed by atoms with Crippen molar-refractivity contribution in [3.63, 3.8) is 0 Å². The summed E-state index contributed by atoms with van der Waals surface area (Å²) >= 11 is 0. The Hall–Kier alpha value is -1.63. The van der Waals surface area contributed by atoms with Gasteiger partial charge in [0.25, 0.3) is 0 Å². The minimum atomic E-state index is -0.294. The standard InChI is InChI=1S/C13H22N4O3/c1-9-15-12(20-16-9)7-14-13(19)17(2)8-10-5-3-4-6-11(10)18/h10-11,18H,3-8H2,1-2H3,(H,14,19)/t10-,11-/m1/s1. The van der Waals surface area contributed by atoms with Crippen molar-refractivity contribution in [2.24, 2.45) is 5.92 Å². The number of aliphatic hydroxyl groups is 1. The normalized spacial score (nSPS) is 22.6. The summed E-state index contributed by atoms with van der Waals surface area (Å²) in [7, 11) is 1.73. The topological polar surface area (TPSA) is 91.5 Å². The van der Waals surface area contributed by atoms with E-state index >= 15 is 0 Å². The second-order valence-electron chi connectivity index (χ2n) is 5.39. The Morgan fingerprint density at radius 2 is 2.25 bits per heavy atom. The monoisotopic (exact) mass is 282 g/mol. The van der Waals surface area contributed by atoms with Crippen LogP contribution in [0, 0.1) is 12.8 Å². The van der Waals surface area contributed by atoms with Crippen LogP contribution in [-0.4, -0.2) is 45.9 Å². The molecular weight excluding hydrogens is 260 g/mol. The van der Waals surface area contributed by atoms with E-state index < -0.39 is 0 Å². The number of aromatic nitrogens is 2. The van der Waals surface area contributed by atoms with Crippen molar-refractivity contribution in [3.8, 4) is 0 Å². The Morgan fingerprint density at radius 1 is 1.50 bits per heavy atom. The second-order valence-corrected chi connectivity index (χ2v) is 5.39. The van der Waals surface area contributed by atoms with Crippen LogP contribution in [0.1, 0.15) is 37.4 Å². The lowest BCUT2D eigenvalue weighted by molar-refractivity contribution is 0.0564. The number of urea groups is 1. The first kappa shape index (κ1) is 14.8. The maximum absolute atomic E-state index is 11.9. The van der Waals surface area contributed by atoms with Crippen LogP contribution < -0.4 is 5.32 Å². The Bertz CT molecular complexity index is 449. The number of rotatable bonds is 4. The first-order chi connectivity index (χ1) is 9.56. The van der Waals surface area contributed by atoms with Gasteiger partial charge in [0.2, 0.25) is 5.89 Å². The summed E-state index contributed by atoms with van der Waals surface area (Å²) < 4.78 is 4.93. The third kappa shape index (κ3) is 3.93. The molecule has 7 heteroatoms. The summed E-state index contributed by atoms with van der Waals surface area (Å²) in [5.41, 5.74) is 0. The van der Waals surface area contributed by atoms with Gasteiger partial charge in [-0.15, -0.1) is 0 Å². The van der Waals surface area contributed by atoms with Crippen LogP contribution in [0.2, 0.25) is 0 Å². The number of aryl methyl sites for hydroxylation is 1. The van der Waals surface area contributed by atoms with Gasteiger partial charge in [0.05, 0.1) is 12.6 Å². The van der Waals surface area contributed by atoms with Crippen molar-refractivity contribution in [3.05, 3.63) is 11.7 Å². The number of carbonyl (C=O) groups is 1. The van der Waals surface area contributed by atoms with Gasteiger partial charge in [-0.3, -0.25) is 0 Å². The van der Waals surface area contributed by atoms with Crippen LogP contribution in [0.3, 0.4) is 0 Å². The molecule has 2 amide bonds. The molecule has 1 heterocycles. The molecule has 0 aliphatic heterocycles. The van der Waals surface area contributed by atoms with E-state index in [0.717, 1.165) is 25.7 Å². The molecule has 0 radical (unpaired) electrons. The molecule has 0 bridgehead atoms. The molecule has 0 spiro atoms. The van der Waals surface area contributed by atoms with E-state index in [-0.39, 0.29) is 24.6 Å². The molecule has 1 aromatic heterocycles. The first-order valence-corrected chi connectivity index (χ1v) is 7.02. The molecule has 2 rings (SSSR count). The molecule has 1 aliphatic rings. The molecule has 0 unspecified atom stereocenters. The molecule has 2 atom stereocenters. The van der Waals surface area contributed by atoms with Gasteiger partial charge in [-0.1, -0.05) is 18.0 Å². The van der Waals surface area contributed by atoms with Gasteiger partial charge < -0.3 is 19.8 Å². The summed E-state index contributed by atoms with van der Waals surface area (Å²) in [5, 5.41) is 16.3. The van der Waals surface area contributed by atoms with Crippen molar-refractivity contribution in [1.82, 2.24) is 20.4 Å². The minimum Gasteiger partial charge on any atom is -0.393 e. The van der Waals surface area contributed by atoms with Crippen LogP contribution in [-0.2, 0) is 6.54 Å². The van der Waals surface area contributed by atoms with E-state index in [1.165, 1.54) is 0 Å². The van der Waals surface area contributed by atoms with Crippen LogP contribution in [0.25, 0.3) is 0 Å². The van der Waals surface area contributed by atoms with Gasteiger partial charge in [-0.05, 0) is 19.8 Å². The fourth-order valence-corrected chi connectivity index (χ4v) is 2.53. The van der Waals surface area contributed by atoms with Crippen molar-refractivity contribution in [2.75, 3.05) is 13.6 Å². The van der Waals surface area contributed by atoms with Crippen molar-refractivity contribution >= 4 is 6.03 Å². The molecular formula is C13H22N4O3. The zero-order valence-electron chi connectivity index (χ0n) is 12.0. The fourth-order valence-electron chi connectivity index (χ4n) is 2.53. The fraction of sp³-hybridized carbons (Fsp3) is 0.769. The van der Waals surface area contributed by atoms with Gasteiger partial charge in [-0.25, -0.2) is 4.79 Å². The molecule has 1 aliphatic carbocycles. The molecule has 1 fully saturated rings. The van der Waals surface area contributed by atoms with Gasteiger partial charge >= 0.3 is 6.03 Å². The predicted octanol–water partition coefficient (Wildman–Crippen LogP) is 1.07. The van der Waals surface area contributed by atoms with E-state index in [4.69, 9.17) is 4.52 Å². The number of amides is 2. The van der Waals surface area contributed by atoms with Crippen LogP contribution in [0.4, 0.5) is 4.79 Å². The highest BCUT2D eigenvalue weighted by Gasteiger charge is 2.25. The molecule has 7 nitrogen and oxygen atoms in total. The highest BCUT2D eigenvalue weighted by Crippen LogP contribution is 2.24. The lowest BCUT2D eigenvalue weighted by atomic mass is 9.86. The predicted molar refractivity (Wildman–Crippen MR) is 71.9 cm³/mol. The molecule has 1 aromatic rings. The summed E-state index contributed by atoms with van der Waals surface area (Å²) in [5.74, 6) is 1.11. The maximum Gasteiger partial charge on any atom is 0.317 e. The molecule has 2 N–H and O–H groups in total. The zero-order chi connectivity index (χ0) is 14.5. The minimum absolute atomic E-state index is 0.171. The van der Waals surface area contributed by atoms with Crippen LogP contribution in [0.5, 0.6) is 0 Å². The zero-order valence-corrected chi connectivity index (χ0v) is 12.0. The maximum atomic E-state index is 11.9. The van der Waals surface area contributed by atoms with E-state index in [2.05, 4.69) is 15.5 Å². The number of nitrogens with one attached hydrogen (secondary N) is 1. The molecule has 0 aromatic carbocycles. The summed E-state index contributed by atoms with van der Waals surface area (Å²) in [6.07, 6.45) is 3.71. The van der Waals surface area contributed by atoms with Gasteiger partial charge in [0, 0.05) is 19.5 Å². The van der Waals surface area contributed by atoms with Crippen molar-refractivity contribution in [1.29, 1.82) is 0 Å². The lowest BCUT2D eigenvalue weighted by Crippen LogP contribution is -2.42. The Kier molecular flexibility index (Phi) is 4.94. The Labute approximate surface area is 118 Å². The number of nitrogens with zero attached hydrogens (tertiary/aromatic N) is 3. The molecule has 1 saturated carbocycles. The first-order valence-electron chi connectivity index (χ1n) is 7.02. The number of hydrogen-bond donors (Lipinski definition) is 2. The van der Waals surface area contributed by atoms with Crippen molar-refractivity contribution < 1.29 is 14.4 Å². The van der Waals surface area contributed by atoms with E-state index in [0.29, 0.717) is 18.3 Å². The molecule has 20 heavy (non-hydrogen) atoms. The number of carbonyl (C=O) groups excluding carboxylic acids is 1. The highest BCUT2D eigenvalue weighted by atomic mass is 16.5. The average Bonchev–Trinajstić information content (AvgIpc) is 2.84. The average molecular weight is 282 g/mol. The van der Waals surface area contributed by atoms with Gasteiger partial charge in [0.1, 0.15) is 0 Å². The van der Waals surface area contributed by atoms with Crippen LogP contribution >= 0.6 is 0 Å². The van der Waals surface area contributed by atoms with Crippen LogP contribution in [0.15, 0.2) is 4.52 Å². The largest absolute Gasteiger partial charge is 0.393 e. The summed E-state index contributed by atoms with van der Waals surface area (Å²) in [4.78, 5) is 17.6. The van der Waals surface area contributed by atoms with Gasteiger partial charge in [-0.2, -0.15) is 4.98 Å². The van der Waals surface area contributed by atoms with Gasteiger partial charge in [0.15, 0.2) is 5.82 Å². The summed E-state index contributed by atoms with van der Waals surface area (Å²) in [6.45, 7) is 2.51. The SMILES string of the molecule is Cc1noc(CNC(=O)N(C)C[C@H]2CCCC[C@H]2O)n1.